The molecule has 0 aliphatic heterocycles. The van der Waals surface area contributed by atoms with Crippen LogP contribution in [0.1, 0.15) is 15.2 Å². The number of rotatable bonds is 5. The fraction of sp³-hybridized carbons (Fsp3) is 0.176. The smallest absolute Gasteiger partial charge is 0.197 e. The van der Waals surface area contributed by atoms with Gasteiger partial charge in [0.05, 0.1) is 14.6 Å². The maximum Gasteiger partial charge on any atom is 0.197 e. The summed E-state index contributed by atoms with van der Waals surface area (Å²) in [4.78, 5) is 14.9. The van der Waals surface area contributed by atoms with E-state index in [1.807, 2.05) is 55.6 Å². The summed E-state index contributed by atoms with van der Waals surface area (Å²) < 4.78 is 0.878. The van der Waals surface area contributed by atoms with E-state index in [0.29, 0.717) is 10.4 Å². The number of hydrogen-bond acceptors (Lipinski definition) is 5. The molecule has 0 saturated carbocycles. The highest BCUT2D eigenvalue weighted by atomic mass is 32.2. The maximum atomic E-state index is 12.5. The van der Waals surface area contributed by atoms with Crippen LogP contribution in [0.25, 0.3) is 11.1 Å². The number of thiophene rings is 1. The van der Waals surface area contributed by atoms with E-state index in [1.165, 1.54) is 23.1 Å². The summed E-state index contributed by atoms with van der Waals surface area (Å²) >= 11 is 2.89. The van der Waals surface area contributed by atoms with Crippen molar-refractivity contribution in [2.24, 2.45) is 0 Å². The van der Waals surface area contributed by atoms with Crippen LogP contribution in [0, 0.1) is 11.3 Å². The van der Waals surface area contributed by atoms with Gasteiger partial charge in [-0.1, -0.05) is 30.3 Å². The van der Waals surface area contributed by atoms with Crippen molar-refractivity contribution in [1.82, 2.24) is 4.90 Å². The molecule has 0 saturated heterocycles. The Morgan fingerprint density at radius 1 is 1.32 bits per heavy atom. The van der Waals surface area contributed by atoms with E-state index in [-0.39, 0.29) is 5.78 Å². The predicted molar refractivity (Wildman–Crippen MR) is 93.4 cm³/mol. The molecule has 2 aromatic rings. The summed E-state index contributed by atoms with van der Waals surface area (Å²) in [5, 5.41) is 9.51. The Morgan fingerprint density at radius 2 is 2.00 bits per heavy atom. The maximum absolute atomic E-state index is 12.5. The lowest BCUT2D eigenvalue weighted by molar-refractivity contribution is 0.104. The van der Waals surface area contributed by atoms with Crippen LogP contribution in [0.15, 0.2) is 46.8 Å². The first-order valence-electron chi connectivity index (χ1n) is 6.63. The topological polar surface area (TPSA) is 44.1 Å². The number of nitriles is 1. The van der Waals surface area contributed by atoms with Gasteiger partial charge in [0.25, 0.3) is 0 Å². The molecular weight excluding hydrogens is 312 g/mol. The molecule has 1 heterocycles. The summed E-state index contributed by atoms with van der Waals surface area (Å²) in [6.07, 6.45) is 5.19. The van der Waals surface area contributed by atoms with E-state index in [1.54, 1.807) is 12.3 Å². The van der Waals surface area contributed by atoms with E-state index in [4.69, 9.17) is 0 Å². The average Bonchev–Trinajstić information content (AvgIpc) is 2.92. The van der Waals surface area contributed by atoms with E-state index < -0.39 is 0 Å². The molecule has 0 radical (unpaired) electrons. The standard InChI is InChI=1S/C17H16N2OS2/c1-19(2)10-9-14(20)16-15(12-7-5-4-6-8-12)13(11-18)17(21-3)22-16/h4-10H,1-3H3. The van der Waals surface area contributed by atoms with E-state index in [2.05, 4.69) is 6.07 Å². The van der Waals surface area contributed by atoms with Gasteiger partial charge in [-0.2, -0.15) is 5.26 Å². The molecule has 0 N–H and O–H groups in total. The summed E-state index contributed by atoms with van der Waals surface area (Å²) in [6, 6.07) is 11.9. The van der Waals surface area contributed by atoms with E-state index >= 15 is 0 Å². The Kier molecular flexibility index (Phi) is 5.42. The quantitative estimate of drug-likeness (QED) is 0.467. The van der Waals surface area contributed by atoms with Crippen molar-refractivity contribution in [1.29, 1.82) is 5.26 Å². The molecule has 0 bridgehead atoms. The van der Waals surface area contributed by atoms with E-state index in [0.717, 1.165) is 15.3 Å². The largest absolute Gasteiger partial charge is 0.383 e. The Hall–Kier alpha value is -2.03. The normalized spacial score (nSPS) is 10.6. The van der Waals surface area contributed by atoms with Crippen molar-refractivity contribution in [2.75, 3.05) is 20.4 Å². The number of carbonyl (C=O) groups is 1. The number of ketones is 1. The number of benzene rings is 1. The van der Waals surface area contributed by atoms with Crippen LogP contribution in [-0.2, 0) is 0 Å². The van der Waals surface area contributed by atoms with Gasteiger partial charge >= 0.3 is 0 Å². The van der Waals surface area contributed by atoms with Gasteiger partial charge in [0, 0.05) is 31.9 Å². The minimum atomic E-state index is -0.0747. The van der Waals surface area contributed by atoms with Gasteiger partial charge in [0.2, 0.25) is 0 Å². The van der Waals surface area contributed by atoms with E-state index in [9.17, 15) is 10.1 Å². The van der Waals surface area contributed by atoms with Gasteiger partial charge in [0.15, 0.2) is 5.78 Å². The van der Waals surface area contributed by atoms with Gasteiger partial charge in [0.1, 0.15) is 6.07 Å². The molecule has 0 aliphatic rings. The van der Waals surface area contributed by atoms with Crippen molar-refractivity contribution < 1.29 is 4.79 Å². The number of thioether (sulfide) groups is 1. The van der Waals surface area contributed by atoms with Crippen LogP contribution in [0.5, 0.6) is 0 Å². The second kappa shape index (κ2) is 7.30. The van der Waals surface area contributed by atoms with Crippen molar-refractivity contribution >= 4 is 28.9 Å². The van der Waals surface area contributed by atoms with Crippen molar-refractivity contribution in [3.63, 3.8) is 0 Å². The highest BCUT2D eigenvalue weighted by Crippen LogP contribution is 2.41. The molecule has 112 valence electrons. The Balaban J connectivity index is 2.62. The molecule has 3 nitrogen and oxygen atoms in total. The van der Waals surface area contributed by atoms with Gasteiger partial charge in [-0.25, -0.2) is 0 Å². The van der Waals surface area contributed by atoms with Crippen molar-refractivity contribution in [3.05, 3.63) is 53.0 Å². The molecule has 1 aromatic carbocycles. The number of hydrogen-bond donors (Lipinski definition) is 0. The summed E-state index contributed by atoms with van der Waals surface area (Å²) in [6.45, 7) is 0. The fourth-order valence-electron chi connectivity index (χ4n) is 2.00. The molecule has 5 heteroatoms. The second-order valence-corrected chi connectivity index (χ2v) is 6.89. The zero-order chi connectivity index (χ0) is 16.1. The zero-order valence-electron chi connectivity index (χ0n) is 12.7. The van der Waals surface area contributed by atoms with Gasteiger partial charge in [-0.15, -0.1) is 23.1 Å². The third-order valence-electron chi connectivity index (χ3n) is 2.98. The minimum Gasteiger partial charge on any atom is -0.383 e. The third kappa shape index (κ3) is 3.41. The van der Waals surface area contributed by atoms with Gasteiger partial charge in [-0.3, -0.25) is 4.79 Å². The Morgan fingerprint density at radius 3 is 2.55 bits per heavy atom. The first-order chi connectivity index (χ1) is 10.6. The van der Waals surface area contributed by atoms with Gasteiger partial charge in [-0.05, 0) is 11.8 Å². The molecule has 22 heavy (non-hydrogen) atoms. The minimum absolute atomic E-state index is 0.0747. The molecule has 0 spiro atoms. The van der Waals surface area contributed by atoms with Crippen LogP contribution in [0.2, 0.25) is 0 Å². The third-order valence-corrected chi connectivity index (χ3v) is 5.31. The first kappa shape index (κ1) is 16.3. The van der Waals surface area contributed by atoms with Crippen LogP contribution < -0.4 is 0 Å². The lowest BCUT2D eigenvalue weighted by Gasteiger charge is -2.04. The number of nitrogens with zero attached hydrogens (tertiary/aromatic N) is 2. The Bertz CT molecular complexity index is 740. The molecule has 1 aromatic heterocycles. The monoisotopic (exact) mass is 328 g/mol. The molecule has 0 aliphatic carbocycles. The summed E-state index contributed by atoms with van der Waals surface area (Å²) in [5.41, 5.74) is 2.23. The number of allylic oxidation sites excluding steroid dienone is 1. The molecule has 0 atom stereocenters. The molecule has 2 rings (SSSR count). The van der Waals surface area contributed by atoms with Crippen LogP contribution in [-0.4, -0.2) is 31.0 Å². The fourth-order valence-corrected chi connectivity index (χ4v) is 3.86. The zero-order valence-corrected chi connectivity index (χ0v) is 14.3. The SMILES string of the molecule is CSc1sc(C(=O)C=CN(C)C)c(-c2ccccc2)c1C#N. The summed E-state index contributed by atoms with van der Waals surface area (Å²) in [5.74, 6) is -0.0747. The molecular formula is C17H16N2OS2. The lowest BCUT2D eigenvalue weighted by atomic mass is 10.0. The highest BCUT2D eigenvalue weighted by molar-refractivity contribution is 8.00. The summed E-state index contributed by atoms with van der Waals surface area (Å²) in [7, 11) is 3.73. The Labute approximate surface area is 138 Å². The molecule has 0 amide bonds. The highest BCUT2D eigenvalue weighted by Gasteiger charge is 2.22. The van der Waals surface area contributed by atoms with Crippen LogP contribution >= 0.6 is 23.1 Å². The first-order valence-corrected chi connectivity index (χ1v) is 8.67. The van der Waals surface area contributed by atoms with Gasteiger partial charge < -0.3 is 4.90 Å². The van der Waals surface area contributed by atoms with Crippen molar-refractivity contribution in [2.45, 2.75) is 4.21 Å². The number of carbonyl (C=O) groups excluding carboxylic acids is 1. The lowest BCUT2D eigenvalue weighted by Crippen LogP contribution is -2.03. The van der Waals surface area contributed by atoms with Crippen molar-refractivity contribution in [3.8, 4) is 17.2 Å². The molecule has 0 fully saturated rings. The second-order valence-electron chi connectivity index (χ2n) is 4.79. The van der Waals surface area contributed by atoms with Crippen LogP contribution in [0.3, 0.4) is 0 Å². The average molecular weight is 328 g/mol. The molecule has 0 unspecified atom stereocenters. The van der Waals surface area contributed by atoms with Crippen LogP contribution in [0.4, 0.5) is 0 Å². The predicted octanol–water partition coefficient (Wildman–Crippen LogP) is 4.27.